The topological polar surface area (TPSA) is 97.1 Å². The van der Waals surface area contributed by atoms with Gasteiger partial charge in [0.15, 0.2) is 0 Å². The summed E-state index contributed by atoms with van der Waals surface area (Å²) in [5, 5.41) is 16.1. The van der Waals surface area contributed by atoms with Crippen LogP contribution in [0, 0.1) is 5.82 Å². The summed E-state index contributed by atoms with van der Waals surface area (Å²) in [4.78, 5) is 28.8. The maximum absolute atomic E-state index is 13.6. The lowest BCUT2D eigenvalue weighted by Crippen LogP contribution is -2.35. The van der Waals surface area contributed by atoms with E-state index in [1.165, 1.54) is 12.3 Å². The van der Waals surface area contributed by atoms with E-state index in [-0.39, 0.29) is 24.4 Å². The van der Waals surface area contributed by atoms with Gasteiger partial charge in [-0.2, -0.15) is 9.78 Å². The zero-order valence-corrected chi connectivity index (χ0v) is 14.7. The van der Waals surface area contributed by atoms with Crippen molar-refractivity contribution < 1.29 is 14.3 Å². The van der Waals surface area contributed by atoms with Gasteiger partial charge in [0.05, 0.1) is 30.4 Å². The highest BCUT2D eigenvalue weighted by molar-refractivity contribution is 6.30. The summed E-state index contributed by atoms with van der Waals surface area (Å²) < 4.78 is 14.5. The number of aromatic nitrogens is 3. The smallest absolute Gasteiger partial charge is 0.284 e. The van der Waals surface area contributed by atoms with Gasteiger partial charge < -0.3 is 10.4 Å². The van der Waals surface area contributed by atoms with E-state index in [9.17, 15) is 14.0 Å². The molecule has 2 N–H and O–H groups in total. The maximum atomic E-state index is 13.6. The number of nitrogens with zero attached hydrogens (tertiary/aromatic N) is 3. The molecule has 3 rings (SSSR count). The Labute approximate surface area is 158 Å². The standard InChI is InChI=1S/C18H14ClFN4O3/c19-12-3-1-11(2-4-12)16-8-15(17(26)22-5-6-25)18(27)24(23-16)14-7-13(20)9-21-10-14/h1-4,7-10,25H,5-6H2,(H,22,26). The van der Waals surface area contributed by atoms with Gasteiger partial charge in [0.25, 0.3) is 11.5 Å². The molecule has 138 valence electrons. The number of hydrogen-bond acceptors (Lipinski definition) is 5. The molecule has 7 nitrogen and oxygen atoms in total. The van der Waals surface area contributed by atoms with Crippen molar-refractivity contribution >= 4 is 17.5 Å². The molecule has 0 bridgehead atoms. The van der Waals surface area contributed by atoms with E-state index in [1.807, 2.05) is 0 Å². The van der Waals surface area contributed by atoms with Crippen LogP contribution >= 0.6 is 11.6 Å². The molecule has 0 aliphatic rings. The normalized spacial score (nSPS) is 10.6. The summed E-state index contributed by atoms with van der Waals surface area (Å²) in [6.07, 6.45) is 2.25. The van der Waals surface area contributed by atoms with Crippen molar-refractivity contribution in [2.24, 2.45) is 0 Å². The second kappa shape index (κ2) is 8.07. The maximum Gasteiger partial charge on any atom is 0.284 e. The molecule has 0 radical (unpaired) electrons. The van der Waals surface area contributed by atoms with Gasteiger partial charge in [0.1, 0.15) is 11.4 Å². The Morgan fingerprint density at radius 2 is 1.96 bits per heavy atom. The average Bonchev–Trinajstić information content (AvgIpc) is 2.67. The Morgan fingerprint density at radius 1 is 1.22 bits per heavy atom. The van der Waals surface area contributed by atoms with E-state index in [4.69, 9.17) is 16.7 Å². The third kappa shape index (κ3) is 4.18. The fraction of sp³-hybridized carbons (Fsp3) is 0.111. The minimum absolute atomic E-state index is 0.0155. The van der Waals surface area contributed by atoms with E-state index < -0.39 is 17.3 Å². The number of halogens is 2. The highest BCUT2D eigenvalue weighted by Gasteiger charge is 2.17. The summed E-state index contributed by atoms with van der Waals surface area (Å²) in [5.41, 5.74) is 0.0497. The monoisotopic (exact) mass is 388 g/mol. The van der Waals surface area contributed by atoms with Gasteiger partial charge in [-0.1, -0.05) is 23.7 Å². The number of amides is 1. The van der Waals surface area contributed by atoms with Crippen molar-refractivity contribution in [2.45, 2.75) is 0 Å². The summed E-state index contributed by atoms with van der Waals surface area (Å²) in [5.74, 6) is -1.32. The van der Waals surface area contributed by atoms with Gasteiger partial charge in [0.2, 0.25) is 0 Å². The first kappa shape index (κ1) is 18.7. The predicted octanol–water partition coefficient (Wildman–Crippen LogP) is 1.81. The molecule has 0 spiro atoms. The number of nitrogens with one attached hydrogen (secondary N) is 1. The molecule has 0 aliphatic carbocycles. The summed E-state index contributed by atoms with van der Waals surface area (Å²) in [7, 11) is 0. The molecule has 1 amide bonds. The number of carbonyl (C=O) groups is 1. The molecule has 0 fully saturated rings. The first-order chi connectivity index (χ1) is 13.0. The van der Waals surface area contributed by atoms with Crippen molar-refractivity contribution in [3.05, 3.63) is 75.5 Å². The van der Waals surface area contributed by atoms with Crippen molar-refractivity contribution in [1.82, 2.24) is 20.1 Å². The third-order valence-electron chi connectivity index (χ3n) is 3.63. The molecule has 0 unspecified atom stereocenters. The summed E-state index contributed by atoms with van der Waals surface area (Å²) in [6, 6.07) is 9.06. The van der Waals surface area contributed by atoms with Crippen LogP contribution in [0.15, 0.2) is 53.6 Å². The summed E-state index contributed by atoms with van der Waals surface area (Å²) >= 11 is 5.89. The van der Waals surface area contributed by atoms with Crippen molar-refractivity contribution in [3.8, 4) is 16.9 Å². The molecule has 0 saturated heterocycles. The average molecular weight is 389 g/mol. The minimum Gasteiger partial charge on any atom is -0.395 e. The van der Waals surface area contributed by atoms with Gasteiger partial charge in [-0.05, 0) is 18.2 Å². The number of carbonyl (C=O) groups excluding carboxylic acids is 1. The van der Waals surface area contributed by atoms with Crippen LogP contribution < -0.4 is 10.9 Å². The fourth-order valence-electron chi connectivity index (χ4n) is 2.38. The van der Waals surface area contributed by atoms with E-state index in [1.54, 1.807) is 24.3 Å². The zero-order chi connectivity index (χ0) is 19.4. The van der Waals surface area contributed by atoms with Crippen molar-refractivity contribution in [3.63, 3.8) is 0 Å². The number of hydrogen-bond donors (Lipinski definition) is 2. The second-order valence-electron chi connectivity index (χ2n) is 5.51. The number of pyridine rings is 1. The lowest BCUT2D eigenvalue weighted by Gasteiger charge is -2.11. The van der Waals surface area contributed by atoms with E-state index in [0.717, 1.165) is 16.9 Å². The first-order valence-electron chi connectivity index (χ1n) is 7.90. The largest absolute Gasteiger partial charge is 0.395 e. The fourth-order valence-corrected chi connectivity index (χ4v) is 2.50. The zero-order valence-electron chi connectivity index (χ0n) is 13.9. The van der Waals surface area contributed by atoms with Crippen molar-refractivity contribution in [2.75, 3.05) is 13.2 Å². The van der Waals surface area contributed by atoms with Gasteiger partial charge in [-0.15, -0.1) is 0 Å². The Balaban J connectivity index is 2.19. The predicted molar refractivity (Wildman–Crippen MR) is 97.5 cm³/mol. The van der Waals surface area contributed by atoms with Crippen LogP contribution in [-0.2, 0) is 0 Å². The Hall–Kier alpha value is -3.10. The number of benzene rings is 1. The molecule has 9 heteroatoms. The van der Waals surface area contributed by atoms with E-state index in [2.05, 4.69) is 15.4 Å². The van der Waals surface area contributed by atoms with E-state index >= 15 is 0 Å². The number of aliphatic hydroxyl groups is 1. The molecule has 3 aromatic rings. The third-order valence-corrected chi connectivity index (χ3v) is 3.88. The Bertz CT molecular complexity index is 1040. The van der Waals surface area contributed by atoms with Crippen LogP contribution in [-0.4, -0.2) is 38.9 Å². The molecule has 0 saturated carbocycles. The van der Waals surface area contributed by atoms with Crippen LogP contribution in [0.25, 0.3) is 16.9 Å². The molecule has 2 aromatic heterocycles. The minimum atomic E-state index is -0.740. The number of aliphatic hydroxyl groups excluding tert-OH is 1. The lowest BCUT2D eigenvalue weighted by molar-refractivity contribution is 0.0942. The van der Waals surface area contributed by atoms with Gasteiger partial charge in [0, 0.05) is 23.2 Å². The SMILES string of the molecule is O=C(NCCO)c1cc(-c2ccc(Cl)cc2)nn(-c2cncc(F)c2)c1=O. The first-order valence-corrected chi connectivity index (χ1v) is 8.27. The van der Waals surface area contributed by atoms with Crippen LogP contribution in [0.1, 0.15) is 10.4 Å². The molecular formula is C18H14ClFN4O3. The summed E-state index contributed by atoms with van der Waals surface area (Å²) in [6.45, 7) is -0.290. The van der Waals surface area contributed by atoms with Gasteiger partial charge >= 0.3 is 0 Å². The highest BCUT2D eigenvalue weighted by Crippen LogP contribution is 2.20. The molecule has 0 atom stereocenters. The Morgan fingerprint density at radius 3 is 2.63 bits per heavy atom. The molecule has 27 heavy (non-hydrogen) atoms. The van der Waals surface area contributed by atoms with Crippen LogP contribution in [0.4, 0.5) is 4.39 Å². The van der Waals surface area contributed by atoms with Crippen LogP contribution in [0.3, 0.4) is 0 Å². The van der Waals surface area contributed by atoms with Crippen LogP contribution in [0.5, 0.6) is 0 Å². The van der Waals surface area contributed by atoms with Gasteiger partial charge in [-0.3, -0.25) is 14.6 Å². The highest BCUT2D eigenvalue weighted by atomic mass is 35.5. The lowest BCUT2D eigenvalue weighted by atomic mass is 10.1. The molecule has 1 aromatic carbocycles. The Kier molecular flexibility index (Phi) is 5.58. The molecule has 2 heterocycles. The number of rotatable bonds is 5. The van der Waals surface area contributed by atoms with Crippen LogP contribution in [0.2, 0.25) is 5.02 Å². The van der Waals surface area contributed by atoms with Crippen molar-refractivity contribution in [1.29, 1.82) is 0 Å². The quantitative estimate of drug-likeness (QED) is 0.694. The second-order valence-corrected chi connectivity index (χ2v) is 5.94. The molecule has 0 aliphatic heterocycles. The van der Waals surface area contributed by atoms with E-state index in [0.29, 0.717) is 16.3 Å². The molecular weight excluding hydrogens is 375 g/mol. The van der Waals surface area contributed by atoms with Gasteiger partial charge in [-0.25, -0.2) is 4.39 Å².